The number of hydrogen-bond donors (Lipinski definition) is 1. The molecule has 0 amide bonds. The highest BCUT2D eigenvalue weighted by Crippen LogP contribution is 2.38. The molecular weight excluding hydrogens is 86.1 g/mol. The van der Waals surface area contributed by atoms with Crippen molar-refractivity contribution in [3.05, 3.63) is 12.3 Å². The van der Waals surface area contributed by atoms with Gasteiger partial charge in [0, 0.05) is 0 Å². The van der Waals surface area contributed by atoms with Crippen molar-refractivity contribution in [2.24, 2.45) is 17.6 Å². The van der Waals surface area contributed by atoms with Crippen LogP contribution in [0.15, 0.2) is 12.3 Å². The summed E-state index contributed by atoms with van der Waals surface area (Å²) in [6, 6.07) is 0. The van der Waals surface area contributed by atoms with Crippen LogP contribution in [-0.2, 0) is 0 Å². The molecule has 0 spiro atoms. The smallest absolute Gasteiger partial charge is 0.0100 e. The van der Waals surface area contributed by atoms with Crippen LogP contribution in [-0.4, -0.2) is 0 Å². The summed E-state index contributed by atoms with van der Waals surface area (Å²) >= 11 is 0. The third-order valence-electron chi connectivity index (χ3n) is 1.53. The second kappa shape index (κ2) is 1.57. The SMILES string of the molecule is C[C@@H]1CC1/C=C/N. The van der Waals surface area contributed by atoms with Gasteiger partial charge in [-0.2, -0.15) is 0 Å². The summed E-state index contributed by atoms with van der Waals surface area (Å²) in [5.41, 5.74) is 5.15. The van der Waals surface area contributed by atoms with Gasteiger partial charge in [-0.25, -0.2) is 0 Å². The van der Waals surface area contributed by atoms with Crippen molar-refractivity contribution in [3.8, 4) is 0 Å². The molecule has 0 bridgehead atoms. The fourth-order valence-electron chi connectivity index (χ4n) is 0.762. The largest absolute Gasteiger partial charge is 0.405 e. The van der Waals surface area contributed by atoms with Crippen LogP contribution < -0.4 is 5.73 Å². The zero-order chi connectivity index (χ0) is 5.28. The summed E-state index contributed by atoms with van der Waals surface area (Å²) < 4.78 is 0. The molecular formula is C6H11N. The molecule has 1 saturated carbocycles. The quantitative estimate of drug-likeness (QED) is 0.521. The van der Waals surface area contributed by atoms with Crippen LogP contribution in [0.25, 0.3) is 0 Å². The Morgan fingerprint density at radius 1 is 1.71 bits per heavy atom. The van der Waals surface area contributed by atoms with E-state index < -0.39 is 0 Å². The van der Waals surface area contributed by atoms with Gasteiger partial charge in [-0.05, 0) is 24.5 Å². The van der Waals surface area contributed by atoms with Crippen molar-refractivity contribution in [1.82, 2.24) is 0 Å². The minimum Gasteiger partial charge on any atom is -0.405 e. The van der Waals surface area contributed by atoms with Gasteiger partial charge in [0.05, 0.1) is 0 Å². The van der Waals surface area contributed by atoms with Gasteiger partial charge in [0.2, 0.25) is 0 Å². The monoisotopic (exact) mass is 97.1 g/mol. The normalized spacial score (nSPS) is 39.6. The summed E-state index contributed by atoms with van der Waals surface area (Å²) in [4.78, 5) is 0. The van der Waals surface area contributed by atoms with Gasteiger partial charge in [-0.1, -0.05) is 13.0 Å². The Balaban J connectivity index is 2.21. The van der Waals surface area contributed by atoms with Crippen molar-refractivity contribution in [2.75, 3.05) is 0 Å². The highest BCUT2D eigenvalue weighted by Gasteiger charge is 2.29. The van der Waals surface area contributed by atoms with E-state index in [-0.39, 0.29) is 0 Å². The fraction of sp³-hybridized carbons (Fsp3) is 0.667. The van der Waals surface area contributed by atoms with E-state index >= 15 is 0 Å². The van der Waals surface area contributed by atoms with Crippen LogP contribution in [0, 0.1) is 11.8 Å². The minimum atomic E-state index is 0.810. The number of hydrogen-bond acceptors (Lipinski definition) is 1. The van der Waals surface area contributed by atoms with Gasteiger partial charge < -0.3 is 5.73 Å². The first-order valence-electron chi connectivity index (χ1n) is 2.73. The highest BCUT2D eigenvalue weighted by atomic mass is 14.5. The Morgan fingerprint density at radius 2 is 2.29 bits per heavy atom. The minimum absolute atomic E-state index is 0.810. The zero-order valence-corrected chi connectivity index (χ0v) is 4.59. The van der Waals surface area contributed by atoms with E-state index in [9.17, 15) is 0 Å². The summed E-state index contributed by atoms with van der Waals surface area (Å²) in [6.07, 6.45) is 5.06. The summed E-state index contributed by atoms with van der Waals surface area (Å²) in [5, 5.41) is 0. The molecule has 0 heterocycles. The first kappa shape index (κ1) is 4.69. The molecule has 40 valence electrons. The predicted molar refractivity (Wildman–Crippen MR) is 30.6 cm³/mol. The molecule has 1 unspecified atom stereocenters. The zero-order valence-electron chi connectivity index (χ0n) is 4.59. The van der Waals surface area contributed by atoms with E-state index in [0.717, 1.165) is 11.8 Å². The van der Waals surface area contributed by atoms with E-state index in [0.29, 0.717) is 0 Å². The van der Waals surface area contributed by atoms with Gasteiger partial charge in [-0.3, -0.25) is 0 Å². The van der Waals surface area contributed by atoms with Crippen LogP contribution in [0.5, 0.6) is 0 Å². The first-order chi connectivity index (χ1) is 3.34. The van der Waals surface area contributed by atoms with Crippen molar-refractivity contribution in [1.29, 1.82) is 0 Å². The lowest BCUT2D eigenvalue weighted by Crippen LogP contribution is -1.77. The molecule has 7 heavy (non-hydrogen) atoms. The van der Waals surface area contributed by atoms with E-state index in [1.54, 1.807) is 6.20 Å². The van der Waals surface area contributed by atoms with Gasteiger partial charge >= 0.3 is 0 Å². The Hall–Kier alpha value is -0.460. The molecule has 2 atom stereocenters. The molecule has 1 aliphatic rings. The van der Waals surface area contributed by atoms with Crippen molar-refractivity contribution in [3.63, 3.8) is 0 Å². The van der Waals surface area contributed by atoms with Gasteiger partial charge in [0.25, 0.3) is 0 Å². The lowest BCUT2D eigenvalue weighted by atomic mass is 10.3. The third-order valence-corrected chi connectivity index (χ3v) is 1.53. The maximum absolute atomic E-state index is 5.15. The third kappa shape index (κ3) is 0.952. The summed E-state index contributed by atoms with van der Waals surface area (Å²) in [6.45, 7) is 2.24. The molecule has 2 N–H and O–H groups in total. The molecule has 0 radical (unpaired) electrons. The maximum atomic E-state index is 5.15. The molecule has 1 fully saturated rings. The Morgan fingerprint density at radius 3 is 2.43 bits per heavy atom. The Bertz CT molecular complexity index is 86.2. The summed E-state index contributed by atoms with van der Waals surface area (Å²) in [7, 11) is 0. The van der Waals surface area contributed by atoms with Crippen LogP contribution in [0.4, 0.5) is 0 Å². The Kier molecular flexibility index (Phi) is 1.05. The lowest BCUT2D eigenvalue weighted by molar-refractivity contribution is 0.897. The molecule has 1 rings (SSSR count). The van der Waals surface area contributed by atoms with Gasteiger partial charge in [-0.15, -0.1) is 0 Å². The molecule has 1 heteroatoms. The highest BCUT2D eigenvalue weighted by molar-refractivity contribution is 4.98. The fourth-order valence-corrected chi connectivity index (χ4v) is 0.762. The maximum Gasteiger partial charge on any atom is -0.0100 e. The van der Waals surface area contributed by atoms with Crippen LogP contribution in [0.2, 0.25) is 0 Å². The molecule has 0 aromatic rings. The topological polar surface area (TPSA) is 26.0 Å². The molecule has 0 aliphatic heterocycles. The van der Waals surface area contributed by atoms with E-state index in [2.05, 4.69) is 13.0 Å². The molecule has 0 aromatic heterocycles. The van der Waals surface area contributed by atoms with Crippen LogP contribution in [0.1, 0.15) is 13.3 Å². The average molecular weight is 97.2 g/mol. The molecule has 0 aromatic carbocycles. The van der Waals surface area contributed by atoms with E-state index in [1.807, 2.05) is 0 Å². The molecule has 0 saturated heterocycles. The second-order valence-corrected chi connectivity index (χ2v) is 2.26. The first-order valence-corrected chi connectivity index (χ1v) is 2.73. The standard InChI is InChI=1S/C6H11N/c1-5-4-6(5)2-3-7/h2-3,5-6H,4,7H2,1H3/b3-2+/t5-,6?/m1/s1. The number of nitrogens with two attached hydrogens (primary N) is 1. The van der Waals surface area contributed by atoms with Gasteiger partial charge in [0.1, 0.15) is 0 Å². The molecule has 1 nitrogen and oxygen atoms in total. The molecule has 1 aliphatic carbocycles. The number of allylic oxidation sites excluding steroid dienone is 1. The van der Waals surface area contributed by atoms with Crippen molar-refractivity contribution in [2.45, 2.75) is 13.3 Å². The predicted octanol–water partition coefficient (Wildman–Crippen LogP) is 1.11. The van der Waals surface area contributed by atoms with Gasteiger partial charge in [0.15, 0.2) is 0 Å². The average Bonchev–Trinajstić information content (AvgIpc) is 2.22. The van der Waals surface area contributed by atoms with Crippen LogP contribution >= 0.6 is 0 Å². The van der Waals surface area contributed by atoms with E-state index in [4.69, 9.17) is 5.73 Å². The summed E-state index contributed by atoms with van der Waals surface area (Å²) in [5.74, 6) is 1.71. The van der Waals surface area contributed by atoms with Crippen molar-refractivity contribution < 1.29 is 0 Å². The van der Waals surface area contributed by atoms with E-state index in [1.165, 1.54) is 6.42 Å². The lowest BCUT2D eigenvalue weighted by Gasteiger charge is -1.76. The Labute approximate surface area is 44.2 Å². The second-order valence-electron chi connectivity index (χ2n) is 2.26. The number of rotatable bonds is 1. The van der Waals surface area contributed by atoms with Crippen LogP contribution in [0.3, 0.4) is 0 Å². The van der Waals surface area contributed by atoms with Crippen molar-refractivity contribution >= 4 is 0 Å².